The van der Waals surface area contributed by atoms with E-state index in [-0.39, 0.29) is 18.3 Å². The van der Waals surface area contributed by atoms with Gasteiger partial charge in [0.15, 0.2) is 0 Å². The van der Waals surface area contributed by atoms with Gasteiger partial charge in [-0.3, -0.25) is 4.79 Å². The quantitative estimate of drug-likeness (QED) is 0.883. The first-order valence-corrected chi connectivity index (χ1v) is 7.76. The second kappa shape index (κ2) is 7.62. The lowest BCUT2D eigenvalue weighted by molar-refractivity contribution is 0.0788. The summed E-state index contributed by atoms with van der Waals surface area (Å²) in [6.07, 6.45) is 2.35. The van der Waals surface area contributed by atoms with Gasteiger partial charge in [-0.1, -0.05) is 18.2 Å². The molecule has 5 nitrogen and oxygen atoms in total. The number of nitrogens with one attached hydrogen (secondary N) is 1. The molecule has 1 heterocycles. The number of aromatic nitrogens is 2. The van der Waals surface area contributed by atoms with Gasteiger partial charge in [-0.25, -0.2) is 4.68 Å². The minimum atomic E-state index is 0. The fraction of sp³-hybridized carbons (Fsp3) is 0.412. The smallest absolute Gasteiger partial charge is 0.272 e. The molecule has 1 saturated carbocycles. The summed E-state index contributed by atoms with van der Waals surface area (Å²) >= 11 is 0. The standard InChI is InChI=1S/C17H22N4O.ClH/c1-18-10-11-20(2)17(22)16-12-15(13-8-9-13)19-21(16)14-6-4-3-5-7-14;/h3-7,12-13,18H,8-11H2,1-2H3;1H. The van der Waals surface area contributed by atoms with E-state index < -0.39 is 0 Å². The summed E-state index contributed by atoms with van der Waals surface area (Å²) < 4.78 is 1.78. The lowest BCUT2D eigenvalue weighted by Gasteiger charge is -2.17. The highest BCUT2D eigenvalue weighted by Crippen LogP contribution is 2.39. The lowest BCUT2D eigenvalue weighted by Crippen LogP contribution is -2.33. The molecule has 0 unspecified atom stereocenters. The average molecular weight is 335 g/mol. The van der Waals surface area contributed by atoms with Gasteiger partial charge in [0, 0.05) is 26.1 Å². The number of para-hydroxylation sites is 1. The molecule has 6 heteroatoms. The lowest BCUT2D eigenvalue weighted by atomic mass is 10.2. The van der Waals surface area contributed by atoms with Crippen molar-refractivity contribution in [2.24, 2.45) is 0 Å². The normalized spacial score (nSPS) is 13.5. The molecule has 2 aromatic rings. The van der Waals surface area contributed by atoms with E-state index in [0.717, 1.165) is 17.9 Å². The number of nitrogens with zero attached hydrogens (tertiary/aromatic N) is 3. The number of hydrogen-bond donors (Lipinski definition) is 1. The van der Waals surface area contributed by atoms with E-state index >= 15 is 0 Å². The molecule has 0 bridgehead atoms. The van der Waals surface area contributed by atoms with Crippen LogP contribution in [0.5, 0.6) is 0 Å². The second-order valence-corrected chi connectivity index (χ2v) is 5.81. The van der Waals surface area contributed by atoms with Gasteiger partial charge in [0.2, 0.25) is 0 Å². The van der Waals surface area contributed by atoms with Crippen molar-refractivity contribution in [2.75, 3.05) is 27.2 Å². The number of amides is 1. The number of carbonyl (C=O) groups is 1. The van der Waals surface area contributed by atoms with Crippen molar-refractivity contribution in [3.8, 4) is 5.69 Å². The third-order valence-corrected chi connectivity index (χ3v) is 3.99. The van der Waals surface area contributed by atoms with Crippen LogP contribution in [-0.2, 0) is 0 Å². The van der Waals surface area contributed by atoms with Crippen LogP contribution in [0.4, 0.5) is 0 Å². The first kappa shape index (κ1) is 17.5. The topological polar surface area (TPSA) is 50.2 Å². The Balaban J connectivity index is 0.00000192. The molecule has 1 fully saturated rings. The Bertz CT molecular complexity index is 652. The first-order valence-electron chi connectivity index (χ1n) is 7.76. The zero-order valence-electron chi connectivity index (χ0n) is 13.5. The van der Waals surface area contributed by atoms with E-state index in [0.29, 0.717) is 18.2 Å². The van der Waals surface area contributed by atoms with Crippen molar-refractivity contribution in [1.82, 2.24) is 20.0 Å². The summed E-state index contributed by atoms with van der Waals surface area (Å²) in [7, 11) is 3.72. The van der Waals surface area contributed by atoms with Crippen LogP contribution in [0.3, 0.4) is 0 Å². The molecule has 3 rings (SSSR count). The molecule has 1 N–H and O–H groups in total. The molecule has 1 aliphatic carbocycles. The average Bonchev–Trinajstić information content (AvgIpc) is 3.31. The van der Waals surface area contributed by atoms with Gasteiger partial charge in [0.05, 0.1) is 11.4 Å². The van der Waals surface area contributed by atoms with Crippen molar-refractivity contribution < 1.29 is 4.79 Å². The van der Waals surface area contributed by atoms with Gasteiger partial charge in [0.1, 0.15) is 5.69 Å². The molecule has 124 valence electrons. The van der Waals surface area contributed by atoms with Crippen LogP contribution in [0.2, 0.25) is 0 Å². The number of halogens is 1. The second-order valence-electron chi connectivity index (χ2n) is 5.81. The predicted molar refractivity (Wildman–Crippen MR) is 93.7 cm³/mol. The van der Waals surface area contributed by atoms with Gasteiger partial charge in [0.25, 0.3) is 5.91 Å². The fourth-order valence-electron chi connectivity index (χ4n) is 2.47. The van der Waals surface area contributed by atoms with Crippen LogP contribution in [0.25, 0.3) is 5.69 Å². The first-order chi connectivity index (χ1) is 10.7. The molecule has 1 aromatic carbocycles. The van der Waals surface area contributed by atoms with Crippen LogP contribution in [0.15, 0.2) is 36.4 Å². The summed E-state index contributed by atoms with van der Waals surface area (Å²) in [5.74, 6) is 0.539. The van der Waals surface area contributed by atoms with Gasteiger partial charge >= 0.3 is 0 Å². The maximum atomic E-state index is 12.7. The maximum absolute atomic E-state index is 12.7. The van der Waals surface area contributed by atoms with Gasteiger partial charge < -0.3 is 10.2 Å². The van der Waals surface area contributed by atoms with Gasteiger partial charge in [-0.15, -0.1) is 12.4 Å². The van der Waals surface area contributed by atoms with Crippen LogP contribution >= 0.6 is 12.4 Å². The zero-order valence-corrected chi connectivity index (χ0v) is 14.3. The molecule has 23 heavy (non-hydrogen) atoms. The van der Waals surface area contributed by atoms with Crippen molar-refractivity contribution in [3.63, 3.8) is 0 Å². The van der Waals surface area contributed by atoms with E-state index in [9.17, 15) is 4.79 Å². The summed E-state index contributed by atoms with van der Waals surface area (Å²) in [4.78, 5) is 14.5. The summed E-state index contributed by atoms with van der Waals surface area (Å²) in [5, 5.41) is 7.75. The number of carbonyl (C=O) groups excluding carboxylic acids is 1. The zero-order chi connectivity index (χ0) is 15.5. The van der Waals surface area contributed by atoms with Crippen LogP contribution in [0.1, 0.15) is 34.9 Å². The molecule has 1 aliphatic rings. The summed E-state index contributed by atoms with van der Waals surface area (Å²) in [5.41, 5.74) is 2.61. The van der Waals surface area contributed by atoms with Crippen molar-refractivity contribution in [3.05, 3.63) is 47.8 Å². The third-order valence-electron chi connectivity index (χ3n) is 3.99. The Kier molecular flexibility index (Phi) is 5.80. The van der Waals surface area contributed by atoms with Crippen molar-refractivity contribution in [2.45, 2.75) is 18.8 Å². The number of benzene rings is 1. The number of rotatable bonds is 6. The maximum Gasteiger partial charge on any atom is 0.272 e. The van der Waals surface area contributed by atoms with Crippen molar-refractivity contribution >= 4 is 18.3 Å². The van der Waals surface area contributed by atoms with Crippen LogP contribution in [0, 0.1) is 0 Å². The van der Waals surface area contributed by atoms with E-state index in [1.165, 1.54) is 12.8 Å². The Morgan fingerprint density at radius 2 is 2.04 bits per heavy atom. The Labute approximate surface area is 143 Å². The molecular formula is C17H23ClN4O. The van der Waals surface area contributed by atoms with E-state index in [1.807, 2.05) is 50.5 Å². The molecule has 0 aliphatic heterocycles. The molecular weight excluding hydrogens is 312 g/mol. The SMILES string of the molecule is CNCCN(C)C(=O)c1cc(C2CC2)nn1-c1ccccc1.Cl. The minimum Gasteiger partial charge on any atom is -0.339 e. The number of likely N-dealkylation sites (N-methyl/N-ethyl adjacent to an activating group) is 2. The molecule has 1 amide bonds. The van der Waals surface area contributed by atoms with Crippen LogP contribution in [-0.4, -0.2) is 47.8 Å². The minimum absolute atomic E-state index is 0. The van der Waals surface area contributed by atoms with E-state index in [1.54, 1.807) is 9.58 Å². The Hall–Kier alpha value is -1.85. The summed E-state index contributed by atoms with van der Waals surface area (Å²) in [6, 6.07) is 11.8. The van der Waals surface area contributed by atoms with E-state index in [2.05, 4.69) is 10.4 Å². The highest BCUT2D eigenvalue weighted by Gasteiger charge is 2.29. The molecule has 0 saturated heterocycles. The van der Waals surface area contributed by atoms with Gasteiger partial charge in [-0.05, 0) is 38.1 Å². The summed E-state index contributed by atoms with van der Waals surface area (Å²) in [6.45, 7) is 1.45. The molecule has 0 atom stereocenters. The molecule has 1 aromatic heterocycles. The Morgan fingerprint density at radius 3 is 2.65 bits per heavy atom. The number of hydrogen-bond acceptors (Lipinski definition) is 3. The predicted octanol–water partition coefficient (Wildman–Crippen LogP) is 2.46. The fourth-order valence-corrected chi connectivity index (χ4v) is 2.47. The van der Waals surface area contributed by atoms with Gasteiger partial charge in [-0.2, -0.15) is 5.10 Å². The molecule has 0 spiro atoms. The highest BCUT2D eigenvalue weighted by molar-refractivity contribution is 5.93. The van der Waals surface area contributed by atoms with E-state index in [4.69, 9.17) is 0 Å². The Morgan fingerprint density at radius 1 is 1.35 bits per heavy atom. The highest BCUT2D eigenvalue weighted by atomic mass is 35.5. The third kappa shape index (κ3) is 3.92. The monoisotopic (exact) mass is 334 g/mol. The molecule has 0 radical (unpaired) electrons. The van der Waals surface area contributed by atoms with Crippen molar-refractivity contribution in [1.29, 1.82) is 0 Å². The largest absolute Gasteiger partial charge is 0.339 e. The van der Waals surface area contributed by atoms with Crippen LogP contribution < -0.4 is 5.32 Å².